The number of carbonyl (C=O) groups excluding carboxylic acids is 2. The molecule has 162 valence electrons. The molecule has 10 heteroatoms. The van der Waals surface area contributed by atoms with Crippen LogP contribution in [0.4, 0.5) is 5.69 Å². The number of hydrogen-bond donors (Lipinski definition) is 1. The molecule has 2 aromatic rings. The van der Waals surface area contributed by atoms with Crippen molar-refractivity contribution in [1.82, 2.24) is 4.31 Å². The average Bonchev–Trinajstić information content (AvgIpc) is 2.72. The third kappa shape index (κ3) is 5.28. The van der Waals surface area contributed by atoms with Crippen molar-refractivity contribution in [2.75, 3.05) is 40.2 Å². The van der Waals surface area contributed by atoms with Crippen LogP contribution < -0.4 is 14.8 Å². The molecule has 0 heterocycles. The van der Waals surface area contributed by atoms with Crippen LogP contribution in [0.3, 0.4) is 0 Å². The van der Waals surface area contributed by atoms with Crippen LogP contribution in [0, 0.1) is 6.92 Å². The van der Waals surface area contributed by atoms with E-state index in [1.54, 1.807) is 19.1 Å². The number of anilines is 1. The van der Waals surface area contributed by atoms with Crippen LogP contribution in [0.25, 0.3) is 0 Å². The lowest BCUT2D eigenvalue weighted by atomic mass is 10.2. The second kappa shape index (κ2) is 9.59. The summed E-state index contributed by atoms with van der Waals surface area (Å²) in [5.74, 6) is -0.515. The molecule has 0 saturated heterocycles. The Morgan fingerprint density at radius 3 is 2.27 bits per heavy atom. The van der Waals surface area contributed by atoms with E-state index in [1.165, 1.54) is 52.6 Å². The quantitative estimate of drug-likeness (QED) is 0.631. The van der Waals surface area contributed by atoms with Crippen molar-refractivity contribution in [3.63, 3.8) is 0 Å². The number of ether oxygens (including phenoxy) is 3. The van der Waals surface area contributed by atoms with Crippen molar-refractivity contribution in [1.29, 1.82) is 0 Å². The number of nitrogens with zero attached hydrogens (tertiary/aromatic N) is 1. The molecule has 2 aromatic carbocycles. The van der Waals surface area contributed by atoms with Gasteiger partial charge in [0.2, 0.25) is 10.0 Å². The van der Waals surface area contributed by atoms with Crippen LogP contribution in [-0.4, -0.2) is 59.5 Å². The van der Waals surface area contributed by atoms with Crippen LogP contribution in [0.5, 0.6) is 11.5 Å². The zero-order valence-electron chi connectivity index (χ0n) is 17.4. The first-order valence-corrected chi connectivity index (χ1v) is 10.3. The molecular weight excluding hydrogens is 412 g/mol. The van der Waals surface area contributed by atoms with Gasteiger partial charge < -0.3 is 19.5 Å². The molecular formula is C20H24N2O7S. The molecule has 0 spiro atoms. The van der Waals surface area contributed by atoms with E-state index in [-0.39, 0.29) is 10.5 Å². The summed E-state index contributed by atoms with van der Waals surface area (Å²) in [5, 5.41) is 2.57. The molecule has 0 saturated carbocycles. The van der Waals surface area contributed by atoms with Crippen molar-refractivity contribution < 1.29 is 32.2 Å². The molecule has 0 aliphatic carbocycles. The number of sulfonamides is 1. The van der Waals surface area contributed by atoms with Gasteiger partial charge in [-0.3, -0.25) is 4.79 Å². The van der Waals surface area contributed by atoms with Crippen LogP contribution in [0.2, 0.25) is 0 Å². The van der Waals surface area contributed by atoms with E-state index in [0.29, 0.717) is 22.7 Å². The zero-order chi connectivity index (χ0) is 22.5. The molecule has 0 aromatic heterocycles. The normalized spacial score (nSPS) is 11.1. The molecule has 0 radical (unpaired) electrons. The van der Waals surface area contributed by atoms with Gasteiger partial charge in [-0.15, -0.1) is 0 Å². The summed E-state index contributed by atoms with van der Waals surface area (Å²) in [6.07, 6.45) is 0. The maximum atomic E-state index is 12.3. The summed E-state index contributed by atoms with van der Waals surface area (Å²) in [6, 6.07) is 8.88. The van der Waals surface area contributed by atoms with Gasteiger partial charge in [-0.2, -0.15) is 0 Å². The van der Waals surface area contributed by atoms with E-state index in [9.17, 15) is 18.0 Å². The van der Waals surface area contributed by atoms with E-state index < -0.39 is 28.5 Å². The summed E-state index contributed by atoms with van der Waals surface area (Å²) in [4.78, 5) is 24.5. The Balaban J connectivity index is 2.07. The van der Waals surface area contributed by atoms with Crippen LogP contribution in [-0.2, 0) is 19.6 Å². The summed E-state index contributed by atoms with van der Waals surface area (Å²) in [7, 11) is 2.09. The lowest BCUT2D eigenvalue weighted by Gasteiger charge is -2.14. The summed E-state index contributed by atoms with van der Waals surface area (Å²) in [5.41, 5.74) is 1.16. The molecule has 0 bridgehead atoms. The topological polar surface area (TPSA) is 111 Å². The fraction of sp³-hybridized carbons (Fsp3) is 0.300. The van der Waals surface area contributed by atoms with E-state index in [2.05, 4.69) is 5.32 Å². The molecule has 0 unspecified atom stereocenters. The van der Waals surface area contributed by atoms with E-state index in [1.807, 2.05) is 0 Å². The monoisotopic (exact) mass is 436 g/mol. The number of amides is 1. The highest BCUT2D eigenvalue weighted by atomic mass is 32.2. The van der Waals surface area contributed by atoms with Gasteiger partial charge in [0, 0.05) is 19.8 Å². The minimum atomic E-state index is -3.65. The summed E-state index contributed by atoms with van der Waals surface area (Å²) < 4.78 is 40.9. The first-order valence-electron chi connectivity index (χ1n) is 8.82. The third-order valence-electron chi connectivity index (χ3n) is 4.22. The largest absolute Gasteiger partial charge is 0.493 e. The van der Waals surface area contributed by atoms with Crippen molar-refractivity contribution in [2.45, 2.75) is 11.8 Å². The molecule has 1 amide bonds. The second-order valence-electron chi connectivity index (χ2n) is 6.46. The Hall–Kier alpha value is -3.11. The van der Waals surface area contributed by atoms with E-state index in [0.717, 1.165) is 4.31 Å². The molecule has 0 aliphatic heterocycles. The minimum absolute atomic E-state index is 0.0377. The Morgan fingerprint density at radius 2 is 1.67 bits per heavy atom. The molecule has 30 heavy (non-hydrogen) atoms. The van der Waals surface area contributed by atoms with Gasteiger partial charge in [0.1, 0.15) is 0 Å². The Labute approximate surface area is 175 Å². The maximum Gasteiger partial charge on any atom is 0.338 e. The van der Waals surface area contributed by atoms with Crippen LogP contribution >= 0.6 is 0 Å². The SMILES string of the molecule is COc1ccc(C(=O)OCC(=O)Nc2cc(S(=O)(=O)N(C)C)ccc2C)cc1OC. The average molecular weight is 436 g/mol. The number of benzene rings is 2. The predicted octanol–water partition coefficient (Wildman–Crippen LogP) is 2.06. The van der Waals surface area contributed by atoms with Gasteiger partial charge in [0.15, 0.2) is 18.1 Å². The molecule has 0 aliphatic rings. The molecule has 0 atom stereocenters. The van der Waals surface area contributed by atoms with E-state index >= 15 is 0 Å². The summed E-state index contributed by atoms with van der Waals surface area (Å²) in [6.45, 7) is 1.18. The standard InChI is InChI=1S/C20H24N2O7S/c1-13-6-8-15(30(25,26)22(2)3)11-16(13)21-19(23)12-29-20(24)14-7-9-17(27-4)18(10-14)28-5/h6-11H,12H2,1-5H3,(H,21,23). The lowest BCUT2D eigenvalue weighted by molar-refractivity contribution is -0.119. The molecule has 9 nitrogen and oxygen atoms in total. The number of methoxy groups -OCH3 is 2. The highest BCUT2D eigenvalue weighted by Gasteiger charge is 2.19. The van der Waals surface area contributed by atoms with Gasteiger partial charge in [0.25, 0.3) is 5.91 Å². The number of nitrogens with one attached hydrogen (secondary N) is 1. The van der Waals surface area contributed by atoms with Crippen molar-refractivity contribution >= 4 is 27.6 Å². The number of hydrogen-bond acceptors (Lipinski definition) is 7. The van der Waals surface area contributed by atoms with Crippen LogP contribution in [0.15, 0.2) is 41.3 Å². The Kier molecular flexibility index (Phi) is 7.41. The van der Waals surface area contributed by atoms with Crippen LogP contribution in [0.1, 0.15) is 15.9 Å². The summed E-state index contributed by atoms with van der Waals surface area (Å²) >= 11 is 0. The van der Waals surface area contributed by atoms with Crippen molar-refractivity contribution in [3.05, 3.63) is 47.5 Å². The fourth-order valence-corrected chi connectivity index (χ4v) is 3.40. The maximum absolute atomic E-state index is 12.3. The Morgan fingerprint density at radius 1 is 1.00 bits per heavy atom. The number of aryl methyl sites for hydroxylation is 1. The molecule has 1 N–H and O–H groups in total. The predicted molar refractivity (Wildman–Crippen MR) is 111 cm³/mol. The number of rotatable bonds is 8. The Bertz CT molecular complexity index is 1050. The van der Waals surface area contributed by atoms with Gasteiger partial charge in [-0.25, -0.2) is 17.5 Å². The van der Waals surface area contributed by atoms with E-state index in [4.69, 9.17) is 14.2 Å². The van der Waals surface area contributed by atoms with Gasteiger partial charge >= 0.3 is 5.97 Å². The first-order chi connectivity index (χ1) is 14.1. The van der Waals surface area contributed by atoms with Gasteiger partial charge in [-0.05, 0) is 42.8 Å². The van der Waals surface area contributed by atoms with Crippen molar-refractivity contribution in [2.24, 2.45) is 0 Å². The number of esters is 1. The van der Waals surface area contributed by atoms with Gasteiger partial charge in [-0.1, -0.05) is 6.07 Å². The van der Waals surface area contributed by atoms with Gasteiger partial charge in [0.05, 0.1) is 24.7 Å². The molecule has 0 fully saturated rings. The van der Waals surface area contributed by atoms with Crippen molar-refractivity contribution in [3.8, 4) is 11.5 Å². The zero-order valence-corrected chi connectivity index (χ0v) is 18.2. The number of carbonyl (C=O) groups is 2. The smallest absolute Gasteiger partial charge is 0.338 e. The molecule has 2 rings (SSSR count). The fourth-order valence-electron chi connectivity index (χ4n) is 2.47. The second-order valence-corrected chi connectivity index (χ2v) is 8.61. The third-order valence-corrected chi connectivity index (χ3v) is 6.03. The minimum Gasteiger partial charge on any atom is -0.493 e. The highest BCUT2D eigenvalue weighted by molar-refractivity contribution is 7.89. The first kappa shape index (κ1) is 23.2. The highest BCUT2D eigenvalue weighted by Crippen LogP contribution is 2.28. The lowest BCUT2D eigenvalue weighted by Crippen LogP contribution is -2.23.